The number of nitrogens with one attached hydrogen (secondary N) is 2. The molecule has 2 N–H and O–H groups in total. The van der Waals surface area contributed by atoms with Gasteiger partial charge in [-0.05, 0) is 42.8 Å². The van der Waals surface area contributed by atoms with Gasteiger partial charge in [-0.15, -0.1) is 0 Å². The van der Waals surface area contributed by atoms with E-state index in [9.17, 15) is 14.4 Å². The summed E-state index contributed by atoms with van der Waals surface area (Å²) in [7, 11) is 1.45. The SMILES string of the molecule is CCOC(=O)CNC(=O)/C(=C\c1ccc2c(c1)OCO2)NC(=O)c1ccccc1OC. The van der Waals surface area contributed by atoms with Crippen molar-refractivity contribution >= 4 is 23.9 Å². The van der Waals surface area contributed by atoms with Crippen LogP contribution in [0.1, 0.15) is 22.8 Å². The van der Waals surface area contributed by atoms with Crippen molar-refractivity contribution in [3.8, 4) is 17.2 Å². The highest BCUT2D eigenvalue weighted by molar-refractivity contribution is 6.06. The number of carbonyl (C=O) groups is 3. The van der Waals surface area contributed by atoms with E-state index in [0.717, 1.165) is 0 Å². The maximum Gasteiger partial charge on any atom is 0.325 e. The lowest BCUT2D eigenvalue weighted by Gasteiger charge is -2.13. The molecule has 3 rings (SSSR count). The first-order chi connectivity index (χ1) is 15.0. The molecule has 2 aromatic rings. The average molecular weight is 426 g/mol. The molecule has 0 saturated heterocycles. The van der Waals surface area contributed by atoms with Crippen molar-refractivity contribution in [1.82, 2.24) is 10.6 Å². The molecule has 0 radical (unpaired) electrons. The van der Waals surface area contributed by atoms with Crippen LogP contribution in [0, 0.1) is 0 Å². The molecule has 162 valence electrons. The molecular formula is C22H22N2O7. The Balaban J connectivity index is 1.85. The standard InChI is InChI=1S/C22H22N2O7/c1-3-29-20(25)12-23-22(27)16(10-14-8-9-18-19(11-14)31-13-30-18)24-21(26)15-6-4-5-7-17(15)28-2/h4-11H,3,12-13H2,1-2H3,(H,23,27)(H,24,26)/b16-10+. The van der Waals surface area contributed by atoms with Crippen molar-refractivity contribution in [2.24, 2.45) is 0 Å². The highest BCUT2D eigenvalue weighted by atomic mass is 16.7. The van der Waals surface area contributed by atoms with Crippen molar-refractivity contribution in [3.63, 3.8) is 0 Å². The summed E-state index contributed by atoms with van der Waals surface area (Å²) in [6, 6.07) is 11.7. The maximum absolute atomic E-state index is 12.8. The Hall–Kier alpha value is -4.01. The van der Waals surface area contributed by atoms with Crippen molar-refractivity contribution < 1.29 is 33.3 Å². The van der Waals surface area contributed by atoms with Gasteiger partial charge in [0.1, 0.15) is 18.0 Å². The molecule has 0 atom stereocenters. The fourth-order valence-electron chi connectivity index (χ4n) is 2.81. The van der Waals surface area contributed by atoms with Crippen LogP contribution in [0.4, 0.5) is 0 Å². The van der Waals surface area contributed by atoms with Crippen LogP contribution in [0.3, 0.4) is 0 Å². The smallest absolute Gasteiger partial charge is 0.325 e. The first-order valence-corrected chi connectivity index (χ1v) is 9.51. The number of amides is 2. The van der Waals surface area contributed by atoms with Gasteiger partial charge in [0, 0.05) is 0 Å². The molecule has 2 amide bonds. The number of fused-ring (bicyclic) bond motifs is 1. The van der Waals surface area contributed by atoms with Crippen molar-refractivity contribution in [3.05, 3.63) is 59.3 Å². The van der Waals surface area contributed by atoms with Crippen LogP contribution in [0.2, 0.25) is 0 Å². The second-order valence-electron chi connectivity index (χ2n) is 6.31. The first kappa shape index (κ1) is 21.7. The Morgan fingerprint density at radius 3 is 2.65 bits per heavy atom. The van der Waals surface area contributed by atoms with Gasteiger partial charge in [-0.2, -0.15) is 0 Å². The second-order valence-corrected chi connectivity index (χ2v) is 6.31. The predicted octanol–water partition coefficient (Wildman–Crippen LogP) is 1.87. The zero-order valence-corrected chi connectivity index (χ0v) is 17.1. The summed E-state index contributed by atoms with van der Waals surface area (Å²) in [5.74, 6) is -0.326. The van der Waals surface area contributed by atoms with Crippen molar-refractivity contribution in [1.29, 1.82) is 0 Å². The summed E-state index contributed by atoms with van der Waals surface area (Å²) in [4.78, 5) is 37.1. The minimum absolute atomic E-state index is 0.0703. The van der Waals surface area contributed by atoms with E-state index < -0.39 is 17.8 Å². The molecule has 0 aliphatic carbocycles. The monoisotopic (exact) mass is 426 g/mol. The van der Waals surface area contributed by atoms with E-state index in [0.29, 0.717) is 22.8 Å². The quantitative estimate of drug-likeness (QED) is 0.490. The number of rotatable bonds is 8. The lowest BCUT2D eigenvalue weighted by Crippen LogP contribution is -2.37. The third-order valence-corrected chi connectivity index (χ3v) is 4.25. The number of benzene rings is 2. The molecule has 31 heavy (non-hydrogen) atoms. The Kier molecular flexibility index (Phi) is 7.10. The van der Waals surface area contributed by atoms with Crippen molar-refractivity contribution in [2.75, 3.05) is 27.1 Å². The van der Waals surface area contributed by atoms with Crippen LogP contribution >= 0.6 is 0 Å². The fraction of sp³-hybridized carbons (Fsp3) is 0.227. The number of methoxy groups -OCH3 is 1. The molecule has 0 bridgehead atoms. The van der Waals surface area contributed by atoms with Crippen LogP contribution in [-0.4, -0.2) is 44.8 Å². The van der Waals surface area contributed by atoms with Crippen LogP contribution in [0.25, 0.3) is 6.08 Å². The predicted molar refractivity (Wildman–Crippen MR) is 111 cm³/mol. The summed E-state index contributed by atoms with van der Waals surface area (Å²) < 4.78 is 20.7. The van der Waals surface area contributed by atoms with E-state index in [1.807, 2.05) is 0 Å². The highest BCUT2D eigenvalue weighted by Crippen LogP contribution is 2.33. The van der Waals surface area contributed by atoms with E-state index >= 15 is 0 Å². The summed E-state index contributed by atoms with van der Waals surface area (Å²) in [6.45, 7) is 1.63. The molecule has 0 fully saturated rings. The number of hydrogen-bond donors (Lipinski definition) is 2. The zero-order chi connectivity index (χ0) is 22.2. The van der Waals surface area contributed by atoms with E-state index in [2.05, 4.69) is 10.6 Å². The normalized spacial score (nSPS) is 12.1. The van der Waals surface area contributed by atoms with Gasteiger partial charge in [0.05, 0.1) is 19.3 Å². The number of ether oxygens (including phenoxy) is 4. The highest BCUT2D eigenvalue weighted by Gasteiger charge is 2.19. The van der Waals surface area contributed by atoms with Crippen LogP contribution in [-0.2, 0) is 14.3 Å². The van der Waals surface area contributed by atoms with Crippen molar-refractivity contribution in [2.45, 2.75) is 6.92 Å². The molecule has 0 unspecified atom stereocenters. The van der Waals surface area contributed by atoms with Crippen LogP contribution < -0.4 is 24.8 Å². The lowest BCUT2D eigenvalue weighted by molar-refractivity contribution is -0.143. The Morgan fingerprint density at radius 1 is 1.10 bits per heavy atom. The van der Waals surface area contributed by atoms with Gasteiger partial charge in [-0.1, -0.05) is 18.2 Å². The number of esters is 1. The maximum atomic E-state index is 12.8. The fourth-order valence-corrected chi connectivity index (χ4v) is 2.81. The van der Waals surface area contributed by atoms with Crippen LogP contribution in [0.5, 0.6) is 17.2 Å². The molecule has 9 nitrogen and oxygen atoms in total. The topological polar surface area (TPSA) is 112 Å². The third-order valence-electron chi connectivity index (χ3n) is 4.25. The van der Waals surface area contributed by atoms with E-state index in [1.165, 1.54) is 13.2 Å². The molecule has 2 aromatic carbocycles. The van der Waals surface area contributed by atoms with Gasteiger partial charge in [-0.25, -0.2) is 0 Å². The number of para-hydroxylation sites is 1. The Labute approximate surface area is 178 Å². The Bertz CT molecular complexity index is 1020. The first-order valence-electron chi connectivity index (χ1n) is 9.51. The minimum Gasteiger partial charge on any atom is -0.496 e. The molecule has 0 saturated carbocycles. The average Bonchev–Trinajstić information content (AvgIpc) is 3.25. The third kappa shape index (κ3) is 5.53. The molecule has 0 spiro atoms. The van der Waals surface area contributed by atoms with E-state index in [-0.39, 0.29) is 31.2 Å². The zero-order valence-electron chi connectivity index (χ0n) is 17.1. The second kappa shape index (κ2) is 10.1. The summed E-state index contributed by atoms with van der Waals surface area (Å²) >= 11 is 0. The molecule has 0 aromatic heterocycles. The van der Waals surface area contributed by atoms with Gasteiger partial charge in [0.25, 0.3) is 11.8 Å². The van der Waals surface area contributed by atoms with Gasteiger partial charge >= 0.3 is 5.97 Å². The van der Waals surface area contributed by atoms with Gasteiger partial charge in [0.2, 0.25) is 6.79 Å². The lowest BCUT2D eigenvalue weighted by atomic mass is 10.1. The van der Waals surface area contributed by atoms with Gasteiger partial charge in [0.15, 0.2) is 11.5 Å². The molecule has 1 aliphatic rings. The minimum atomic E-state index is -0.658. The summed E-state index contributed by atoms with van der Waals surface area (Å²) in [6.07, 6.45) is 1.47. The van der Waals surface area contributed by atoms with Crippen LogP contribution in [0.15, 0.2) is 48.2 Å². The summed E-state index contributed by atoms with van der Waals surface area (Å²) in [5.41, 5.74) is 0.768. The summed E-state index contributed by atoms with van der Waals surface area (Å²) in [5, 5.41) is 5.03. The van der Waals surface area contributed by atoms with E-state index in [1.54, 1.807) is 49.4 Å². The molecule has 1 aliphatic heterocycles. The largest absolute Gasteiger partial charge is 0.496 e. The Morgan fingerprint density at radius 2 is 1.87 bits per heavy atom. The van der Waals surface area contributed by atoms with Gasteiger partial charge in [-0.3, -0.25) is 14.4 Å². The van der Waals surface area contributed by atoms with E-state index in [4.69, 9.17) is 18.9 Å². The molecule has 9 heteroatoms. The molecular weight excluding hydrogens is 404 g/mol. The molecule has 1 heterocycles. The number of hydrogen-bond acceptors (Lipinski definition) is 7. The van der Waals surface area contributed by atoms with Gasteiger partial charge < -0.3 is 29.6 Å². The number of carbonyl (C=O) groups excluding carboxylic acids is 3.